The van der Waals surface area contributed by atoms with Crippen molar-refractivity contribution >= 4 is 10.9 Å². The van der Waals surface area contributed by atoms with Gasteiger partial charge in [0.1, 0.15) is 18.2 Å². The molecule has 170 valence electrons. The maximum Gasteiger partial charge on any atom is 0.123 e. The number of rotatable bonds is 7. The molecule has 1 saturated heterocycles. The number of benzene rings is 3. The maximum absolute atomic E-state index is 13.6. The van der Waals surface area contributed by atoms with Gasteiger partial charge in [0.2, 0.25) is 0 Å². The molecule has 0 N–H and O–H groups in total. The van der Waals surface area contributed by atoms with Crippen molar-refractivity contribution in [1.29, 1.82) is 0 Å². The van der Waals surface area contributed by atoms with Gasteiger partial charge in [-0.1, -0.05) is 36.8 Å². The minimum atomic E-state index is -0.213. The number of fused-ring (bicyclic) bond motifs is 1. The molecular weight excluding hydrogens is 411 g/mol. The van der Waals surface area contributed by atoms with Crippen LogP contribution in [0, 0.1) is 12.7 Å². The summed E-state index contributed by atoms with van der Waals surface area (Å²) in [7, 11) is 0. The van der Waals surface area contributed by atoms with E-state index in [0.29, 0.717) is 0 Å². The molecule has 0 aliphatic carbocycles. The van der Waals surface area contributed by atoms with Gasteiger partial charge < -0.3 is 9.30 Å². The molecule has 1 aliphatic rings. The van der Waals surface area contributed by atoms with E-state index in [0.717, 1.165) is 36.7 Å². The third kappa shape index (κ3) is 4.81. The Morgan fingerprint density at radius 2 is 1.58 bits per heavy atom. The van der Waals surface area contributed by atoms with Gasteiger partial charge >= 0.3 is 0 Å². The van der Waals surface area contributed by atoms with Gasteiger partial charge in [-0.3, -0.25) is 4.90 Å². The van der Waals surface area contributed by atoms with Gasteiger partial charge in [-0.25, -0.2) is 4.39 Å². The first-order chi connectivity index (χ1) is 16.2. The topological polar surface area (TPSA) is 17.4 Å². The predicted octanol–water partition coefficient (Wildman–Crippen LogP) is 6.67. The smallest absolute Gasteiger partial charge is 0.123 e. The first kappa shape index (κ1) is 21.7. The van der Waals surface area contributed by atoms with Crippen molar-refractivity contribution in [3.8, 4) is 17.0 Å². The summed E-state index contributed by atoms with van der Waals surface area (Å²) in [5, 5.41) is 1.23. The van der Waals surface area contributed by atoms with E-state index in [1.54, 1.807) is 0 Å². The second-order valence-corrected chi connectivity index (χ2v) is 8.98. The summed E-state index contributed by atoms with van der Waals surface area (Å²) in [6.07, 6.45) is 3.97. The van der Waals surface area contributed by atoms with Crippen LogP contribution in [0.5, 0.6) is 5.75 Å². The van der Waals surface area contributed by atoms with E-state index in [2.05, 4.69) is 64.9 Å². The molecule has 4 heteroatoms. The highest BCUT2D eigenvalue weighted by Gasteiger charge is 2.16. The normalized spacial score (nSPS) is 14.6. The highest BCUT2D eigenvalue weighted by Crippen LogP contribution is 2.34. The summed E-state index contributed by atoms with van der Waals surface area (Å²) < 4.78 is 21.9. The number of aryl methyl sites for hydroxylation is 1. The van der Waals surface area contributed by atoms with Gasteiger partial charge in [-0.15, -0.1) is 0 Å². The number of hydrogen-bond donors (Lipinski definition) is 0. The molecule has 4 aromatic rings. The van der Waals surface area contributed by atoms with Gasteiger partial charge in [0.25, 0.3) is 0 Å². The second kappa shape index (κ2) is 9.80. The van der Waals surface area contributed by atoms with Crippen LogP contribution in [0.4, 0.5) is 4.39 Å². The summed E-state index contributed by atoms with van der Waals surface area (Å²) in [5.41, 5.74) is 5.79. The van der Waals surface area contributed by atoms with E-state index in [4.69, 9.17) is 4.74 Å². The van der Waals surface area contributed by atoms with E-state index in [9.17, 15) is 4.39 Å². The summed E-state index contributed by atoms with van der Waals surface area (Å²) in [4.78, 5) is 2.49. The minimum absolute atomic E-state index is 0.213. The molecule has 0 saturated carbocycles. The third-order valence-corrected chi connectivity index (χ3v) is 6.73. The van der Waals surface area contributed by atoms with Crippen LogP contribution in [-0.4, -0.2) is 35.7 Å². The Morgan fingerprint density at radius 1 is 0.848 bits per heavy atom. The fourth-order valence-electron chi connectivity index (χ4n) is 4.97. The number of hydrogen-bond acceptors (Lipinski definition) is 2. The Morgan fingerprint density at radius 3 is 2.33 bits per heavy atom. The number of piperidine rings is 1. The van der Waals surface area contributed by atoms with E-state index in [-0.39, 0.29) is 5.82 Å². The Bertz CT molecular complexity index is 1210. The first-order valence-corrected chi connectivity index (χ1v) is 12.0. The molecule has 0 radical (unpaired) electrons. The number of nitrogens with zero attached hydrogens (tertiary/aromatic N) is 2. The van der Waals surface area contributed by atoms with Crippen molar-refractivity contribution in [2.75, 3.05) is 26.2 Å². The lowest BCUT2D eigenvalue weighted by Crippen LogP contribution is -2.33. The van der Waals surface area contributed by atoms with E-state index in [1.165, 1.54) is 66.5 Å². The van der Waals surface area contributed by atoms with Crippen molar-refractivity contribution < 1.29 is 9.13 Å². The monoisotopic (exact) mass is 442 g/mol. The van der Waals surface area contributed by atoms with Crippen LogP contribution in [0.3, 0.4) is 0 Å². The lowest BCUT2D eigenvalue weighted by atomic mass is 10.1. The zero-order valence-electron chi connectivity index (χ0n) is 19.3. The molecule has 0 amide bonds. The largest absolute Gasteiger partial charge is 0.492 e. The van der Waals surface area contributed by atoms with Gasteiger partial charge in [-0.2, -0.15) is 0 Å². The Labute approximate surface area is 195 Å². The number of halogens is 1. The quantitative estimate of drug-likeness (QED) is 0.318. The Balaban J connectivity index is 1.35. The lowest BCUT2D eigenvalue weighted by molar-refractivity contribution is 0.183. The third-order valence-electron chi connectivity index (χ3n) is 6.73. The molecule has 3 nitrogen and oxygen atoms in total. The summed E-state index contributed by atoms with van der Waals surface area (Å²) in [5.74, 6) is 0.706. The second-order valence-electron chi connectivity index (χ2n) is 8.98. The summed E-state index contributed by atoms with van der Waals surface area (Å²) >= 11 is 0. The highest BCUT2D eigenvalue weighted by atomic mass is 19.1. The minimum Gasteiger partial charge on any atom is -0.492 e. The number of para-hydroxylation sites is 1. The van der Waals surface area contributed by atoms with Crippen molar-refractivity contribution in [2.45, 2.75) is 32.7 Å². The van der Waals surface area contributed by atoms with Crippen LogP contribution < -0.4 is 4.74 Å². The van der Waals surface area contributed by atoms with Gasteiger partial charge in [0.15, 0.2) is 0 Å². The fourth-order valence-corrected chi connectivity index (χ4v) is 4.97. The van der Waals surface area contributed by atoms with Crippen LogP contribution in [-0.2, 0) is 6.54 Å². The van der Waals surface area contributed by atoms with Crippen molar-refractivity contribution in [1.82, 2.24) is 9.47 Å². The van der Waals surface area contributed by atoms with Crippen LogP contribution in [0.1, 0.15) is 30.4 Å². The van der Waals surface area contributed by atoms with Crippen molar-refractivity contribution in [2.24, 2.45) is 0 Å². The number of aromatic nitrogens is 1. The van der Waals surface area contributed by atoms with E-state index < -0.39 is 0 Å². The van der Waals surface area contributed by atoms with Crippen LogP contribution >= 0.6 is 0 Å². The zero-order valence-corrected chi connectivity index (χ0v) is 19.3. The molecule has 0 atom stereocenters. The lowest BCUT2D eigenvalue weighted by Gasteiger charge is -2.26. The number of likely N-dealkylation sites (tertiary alicyclic amines) is 1. The molecule has 1 fully saturated rings. The standard InChI is InChI=1S/C29H31FN2O/c1-22-27-7-3-4-8-28(27)32(29(22)24-11-13-25(30)14-12-24)21-23-9-15-26(16-10-23)33-20-19-31-17-5-2-6-18-31/h3-4,7-16H,2,5-6,17-21H2,1H3. The van der Waals surface area contributed by atoms with E-state index in [1.807, 2.05) is 12.1 Å². The molecule has 5 rings (SSSR count). The molecular formula is C29H31FN2O. The Hall–Kier alpha value is -3.11. The van der Waals surface area contributed by atoms with Gasteiger partial charge in [-0.05, 0) is 92.0 Å². The molecule has 0 bridgehead atoms. The SMILES string of the molecule is Cc1c(-c2ccc(F)cc2)n(Cc2ccc(OCCN3CCCCC3)cc2)c2ccccc12. The Kier molecular flexibility index (Phi) is 6.45. The molecule has 1 aliphatic heterocycles. The molecule has 0 spiro atoms. The molecule has 0 unspecified atom stereocenters. The summed E-state index contributed by atoms with van der Waals surface area (Å²) in [6.45, 7) is 7.02. The zero-order chi connectivity index (χ0) is 22.6. The molecule has 33 heavy (non-hydrogen) atoms. The fraction of sp³-hybridized carbons (Fsp3) is 0.310. The molecule has 1 aromatic heterocycles. The van der Waals surface area contributed by atoms with Gasteiger partial charge in [0, 0.05) is 24.0 Å². The maximum atomic E-state index is 13.6. The van der Waals surface area contributed by atoms with Crippen LogP contribution in [0.25, 0.3) is 22.2 Å². The highest BCUT2D eigenvalue weighted by molar-refractivity contribution is 5.91. The van der Waals surface area contributed by atoms with Crippen LogP contribution in [0.15, 0.2) is 72.8 Å². The average molecular weight is 443 g/mol. The van der Waals surface area contributed by atoms with Crippen molar-refractivity contribution in [3.63, 3.8) is 0 Å². The molecule has 3 aromatic carbocycles. The first-order valence-electron chi connectivity index (χ1n) is 12.0. The van der Waals surface area contributed by atoms with E-state index >= 15 is 0 Å². The summed E-state index contributed by atoms with van der Waals surface area (Å²) in [6, 6.07) is 23.7. The molecule has 2 heterocycles. The average Bonchev–Trinajstić information content (AvgIpc) is 3.13. The number of ether oxygens (including phenoxy) is 1. The predicted molar refractivity (Wildman–Crippen MR) is 133 cm³/mol. The van der Waals surface area contributed by atoms with Gasteiger partial charge in [0.05, 0.1) is 5.69 Å². The van der Waals surface area contributed by atoms with Crippen LogP contribution in [0.2, 0.25) is 0 Å². The van der Waals surface area contributed by atoms with Crippen molar-refractivity contribution in [3.05, 3.63) is 89.7 Å².